The van der Waals surface area contributed by atoms with Gasteiger partial charge in [0.15, 0.2) is 0 Å². The molecule has 0 atom stereocenters. The Balaban J connectivity index is 2.27. The summed E-state index contributed by atoms with van der Waals surface area (Å²) < 4.78 is 34.8. The highest BCUT2D eigenvalue weighted by Crippen LogP contribution is 2.34. The molecule has 0 unspecified atom stereocenters. The summed E-state index contributed by atoms with van der Waals surface area (Å²) in [7, 11) is -3.84. The smallest absolute Gasteiger partial charge is 0.264 e. The molecule has 108 valence electrons. The lowest BCUT2D eigenvalue weighted by Gasteiger charge is -2.22. The normalized spacial score (nSPS) is 12.4. The third-order valence-corrected chi connectivity index (χ3v) is 4.30. The second-order valence-electron chi connectivity index (χ2n) is 4.15. The molecule has 0 aliphatic carbocycles. The Hall–Kier alpha value is -0.110. The minimum absolute atomic E-state index is 0.190. The van der Waals surface area contributed by atoms with Crippen LogP contribution in [0.3, 0.4) is 0 Å². The maximum atomic E-state index is 10.5. The molecule has 0 bridgehead atoms. The molecule has 0 radical (unpaired) electrons. The number of para-hydroxylation sites is 1. The fourth-order valence-corrected chi connectivity index (χ4v) is 3.01. The van der Waals surface area contributed by atoms with Gasteiger partial charge in [-0.05, 0) is 56.8 Å². The largest absolute Gasteiger partial charge is 0.466 e. The first-order valence-corrected chi connectivity index (χ1v) is 9.05. The fraction of sp³-hybridized carbons (Fsp3) is 0.500. The van der Waals surface area contributed by atoms with E-state index >= 15 is 0 Å². The predicted molar refractivity (Wildman–Crippen MR) is 82.5 cm³/mol. The maximum Gasteiger partial charge on any atom is 0.264 e. The Morgan fingerprint density at radius 3 is 2.32 bits per heavy atom. The van der Waals surface area contributed by atoms with E-state index in [2.05, 4.69) is 31.9 Å². The molecule has 1 rings (SSSR count). The van der Waals surface area contributed by atoms with Crippen LogP contribution >= 0.6 is 31.9 Å². The number of alkyl halides is 2. The third-order valence-electron chi connectivity index (χ3n) is 2.38. The molecule has 1 N–H and O–H groups in total. The zero-order chi connectivity index (χ0) is 14.4. The van der Waals surface area contributed by atoms with Gasteiger partial charge in [-0.1, -0.05) is 24.6 Å². The van der Waals surface area contributed by atoms with Crippen LogP contribution in [-0.2, 0) is 10.1 Å². The summed E-state index contributed by atoms with van der Waals surface area (Å²) in [6, 6.07) is 9.40. The molecule has 4 nitrogen and oxygen atoms in total. The van der Waals surface area contributed by atoms with Gasteiger partial charge in [0.2, 0.25) is 3.42 Å². The van der Waals surface area contributed by atoms with Crippen LogP contribution in [0.1, 0.15) is 25.7 Å². The van der Waals surface area contributed by atoms with Crippen LogP contribution in [0.25, 0.3) is 0 Å². The Morgan fingerprint density at radius 2 is 1.74 bits per heavy atom. The highest BCUT2D eigenvalue weighted by molar-refractivity contribution is 9.25. The second-order valence-corrected chi connectivity index (χ2v) is 9.35. The Bertz CT molecular complexity index is 474. The van der Waals surface area contributed by atoms with E-state index in [4.69, 9.17) is 9.29 Å². The van der Waals surface area contributed by atoms with E-state index in [-0.39, 0.29) is 5.75 Å². The summed E-state index contributed by atoms with van der Waals surface area (Å²) in [6.07, 6.45) is 2.60. The molecular formula is C12H16Br2O4S. The second kappa shape index (κ2) is 7.61. The molecule has 0 amide bonds. The Morgan fingerprint density at radius 1 is 1.11 bits per heavy atom. The Labute approximate surface area is 130 Å². The van der Waals surface area contributed by atoms with Crippen molar-refractivity contribution in [2.45, 2.75) is 29.1 Å². The summed E-state index contributed by atoms with van der Waals surface area (Å²) in [5.74, 6) is 0.554. The van der Waals surface area contributed by atoms with Crippen molar-refractivity contribution in [1.29, 1.82) is 0 Å². The van der Waals surface area contributed by atoms with Crippen molar-refractivity contribution >= 4 is 42.0 Å². The van der Waals surface area contributed by atoms with E-state index in [1.165, 1.54) is 0 Å². The van der Waals surface area contributed by atoms with Crippen LogP contribution in [0, 0.1) is 0 Å². The van der Waals surface area contributed by atoms with E-state index in [0.29, 0.717) is 19.3 Å². The number of hydrogen-bond acceptors (Lipinski definition) is 3. The van der Waals surface area contributed by atoms with E-state index in [1.54, 1.807) is 0 Å². The molecule has 0 heterocycles. The van der Waals surface area contributed by atoms with Crippen molar-refractivity contribution in [3.63, 3.8) is 0 Å². The van der Waals surface area contributed by atoms with Gasteiger partial charge in [-0.3, -0.25) is 4.55 Å². The predicted octanol–water partition coefficient (Wildman–Crippen LogP) is 3.96. The van der Waals surface area contributed by atoms with Crippen molar-refractivity contribution < 1.29 is 17.7 Å². The van der Waals surface area contributed by atoms with Crippen LogP contribution in [-0.4, -0.2) is 22.1 Å². The summed E-state index contributed by atoms with van der Waals surface area (Å²) in [5, 5.41) is 0. The standard InChI is InChI=1S/C12H16Br2O4S/c13-12(14,18-11-7-3-1-4-8-11)9-5-2-6-10-19(15,16)17/h1,3-4,7-8H,2,5-6,9-10H2,(H,15,16,17). The van der Waals surface area contributed by atoms with Crippen molar-refractivity contribution in [2.75, 3.05) is 5.75 Å². The summed E-state index contributed by atoms with van der Waals surface area (Å²) >= 11 is 6.87. The lowest BCUT2D eigenvalue weighted by atomic mass is 10.2. The van der Waals surface area contributed by atoms with Crippen molar-refractivity contribution in [2.24, 2.45) is 0 Å². The number of unbranched alkanes of at least 4 members (excludes halogenated alkanes) is 2. The van der Waals surface area contributed by atoms with Crippen LogP contribution in [0.4, 0.5) is 0 Å². The SMILES string of the molecule is O=S(=O)(O)CCCCCC(Br)(Br)Oc1ccccc1. The van der Waals surface area contributed by atoms with Gasteiger partial charge in [-0.2, -0.15) is 8.42 Å². The summed E-state index contributed by atoms with van der Waals surface area (Å²) in [4.78, 5) is 0. The van der Waals surface area contributed by atoms with Gasteiger partial charge in [0, 0.05) is 6.42 Å². The van der Waals surface area contributed by atoms with Crippen LogP contribution < -0.4 is 4.74 Å². The molecule has 0 fully saturated rings. The molecule has 0 aliphatic heterocycles. The number of rotatable bonds is 8. The number of ether oxygens (including phenoxy) is 1. The highest BCUT2D eigenvalue weighted by atomic mass is 79.9. The number of halogens is 2. The van der Waals surface area contributed by atoms with Crippen molar-refractivity contribution in [1.82, 2.24) is 0 Å². The molecule has 0 saturated heterocycles. The average Bonchev–Trinajstić information content (AvgIpc) is 2.27. The van der Waals surface area contributed by atoms with Gasteiger partial charge < -0.3 is 4.74 Å². The molecule has 7 heteroatoms. The van der Waals surface area contributed by atoms with Gasteiger partial charge in [0.1, 0.15) is 5.75 Å². The molecule has 19 heavy (non-hydrogen) atoms. The van der Waals surface area contributed by atoms with Crippen LogP contribution in [0.5, 0.6) is 5.75 Å². The topological polar surface area (TPSA) is 63.6 Å². The van der Waals surface area contributed by atoms with E-state index in [0.717, 1.165) is 12.2 Å². The lowest BCUT2D eigenvalue weighted by molar-refractivity contribution is 0.254. The number of hydrogen-bond donors (Lipinski definition) is 1. The minimum Gasteiger partial charge on any atom is -0.466 e. The highest BCUT2D eigenvalue weighted by Gasteiger charge is 2.24. The van der Waals surface area contributed by atoms with Gasteiger partial charge >= 0.3 is 0 Å². The maximum absolute atomic E-state index is 10.5. The van der Waals surface area contributed by atoms with E-state index in [1.807, 2.05) is 30.3 Å². The summed E-state index contributed by atoms with van der Waals surface area (Å²) in [6.45, 7) is 0. The van der Waals surface area contributed by atoms with Gasteiger partial charge in [-0.15, -0.1) is 0 Å². The van der Waals surface area contributed by atoms with Crippen molar-refractivity contribution in [3.8, 4) is 5.75 Å². The zero-order valence-electron chi connectivity index (χ0n) is 10.3. The van der Waals surface area contributed by atoms with E-state index < -0.39 is 13.5 Å². The molecular weight excluding hydrogens is 400 g/mol. The Kier molecular flexibility index (Phi) is 6.79. The fourth-order valence-electron chi connectivity index (χ4n) is 1.50. The first-order chi connectivity index (χ1) is 8.79. The monoisotopic (exact) mass is 414 g/mol. The van der Waals surface area contributed by atoms with Crippen molar-refractivity contribution in [3.05, 3.63) is 30.3 Å². The first kappa shape index (κ1) is 16.9. The molecule has 0 aliphatic rings. The third kappa shape index (κ3) is 8.62. The van der Waals surface area contributed by atoms with Crippen LogP contribution in [0.2, 0.25) is 0 Å². The average molecular weight is 416 g/mol. The van der Waals surface area contributed by atoms with E-state index in [9.17, 15) is 8.42 Å². The molecule has 0 saturated carbocycles. The molecule has 1 aromatic rings. The molecule has 1 aromatic carbocycles. The summed E-state index contributed by atoms with van der Waals surface area (Å²) in [5.41, 5.74) is 0. The molecule has 0 aromatic heterocycles. The first-order valence-electron chi connectivity index (χ1n) is 5.86. The molecule has 0 spiro atoms. The lowest BCUT2D eigenvalue weighted by Crippen LogP contribution is -2.20. The zero-order valence-corrected chi connectivity index (χ0v) is 14.2. The van der Waals surface area contributed by atoms with Gasteiger partial charge in [-0.25, -0.2) is 0 Å². The van der Waals surface area contributed by atoms with Crippen LogP contribution in [0.15, 0.2) is 30.3 Å². The number of benzene rings is 1. The van der Waals surface area contributed by atoms with Gasteiger partial charge in [0.05, 0.1) is 5.75 Å². The quantitative estimate of drug-likeness (QED) is 0.396. The minimum atomic E-state index is -3.84. The van der Waals surface area contributed by atoms with Gasteiger partial charge in [0.25, 0.3) is 10.1 Å².